The van der Waals surface area contributed by atoms with Gasteiger partial charge in [0.1, 0.15) is 23.0 Å². The highest BCUT2D eigenvalue weighted by atomic mass is 19.2. The third-order valence-corrected chi connectivity index (χ3v) is 5.09. The molecule has 0 aliphatic heterocycles. The Morgan fingerprint density at radius 2 is 1.87 bits per heavy atom. The average Bonchev–Trinajstić information content (AvgIpc) is 3.25. The van der Waals surface area contributed by atoms with E-state index < -0.39 is 29.0 Å². The first-order chi connectivity index (χ1) is 14.3. The van der Waals surface area contributed by atoms with Crippen molar-refractivity contribution < 1.29 is 22.4 Å². The van der Waals surface area contributed by atoms with E-state index in [1.807, 2.05) is 0 Å². The minimum atomic E-state index is -1.58. The molecule has 158 valence electrons. The zero-order valence-corrected chi connectivity index (χ0v) is 16.1. The van der Waals surface area contributed by atoms with Crippen molar-refractivity contribution in [2.24, 2.45) is 11.8 Å². The number of benzene rings is 1. The Labute approximate surface area is 168 Å². The zero-order valence-electron chi connectivity index (χ0n) is 16.1. The quantitative estimate of drug-likeness (QED) is 0.412. The summed E-state index contributed by atoms with van der Waals surface area (Å²) in [6.45, 7) is 2.07. The van der Waals surface area contributed by atoms with Gasteiger partial charge in [-0.3, -0.25) is 4.79 Å². The molecule has 11 heteroatoms. The lowest BCUT2D eigenvalue weighted by atomic mass is 10.2. The number of aromatic nitrogens is 3. The Balaban J connectivity index is 1.69. The minimum absolute atomic E-state index is 0.110. The lowest BCUT2D eigenvalue weighted by Crippen LogP contribution is -2.13. The highest BCUT2D eigenvalue weighted by molar-refractivity contribution is 5.94. The summed E-state index contributed by atoms with van der Waals surface area (Å²) in [6.07, 6.45) is 2.76. The number of halogens is 4. The monoisotopic (exact) mass is 422 g/mol. The van der Waals surface area contributed by atoms with Crippen LogP contribution in [0.5, 0.6) is 0 Å². The third-order valence-electron chi connectivity index (χ3n) is 5.09. The van der Waals surface area contributed by atoms with E-state index in [1.165, 1.54) is 16.8 Å². The van der Waals surface area contributed by atoms with Crippen molar-refractivity contribution in [3.8, 4) is 0 Å². The van der Waals surface area contributed by atoms with Gasteiger partial charge in [0.05, 0.1) is 6.20 Å². The van der Waals surface area contributed by atoms with Gasteiger partial charge in [-0.2, -0.15) is 9.61 Å². The molecular weight excluding hydrogens is 404 g/mol. The first kappa shape index (κ1) is 19.9. The van der Waals surface area contributed by atoms with Gasteiger partial charge in [-0.15, -0.1) is 0 Å². The molecule has 1 fully saturated rings. The fourth-order valence-electron chi connectivity index (χ4n) is 3.23. The van der Waals surface area contributed by atoms with Crippen LogP contribution in [-0.4, -0.2) is 27.6 Å². The number of hydrogen-bond acceptors (Lipinski definition) is 5. The molecule has 0 unspecified atom stereocenters. The second kappa shape index (κ2) is 7.47. The summed E-state index contributed by atoms with van der Waals surface area (Å²) in [7, 11) is 1.58. The molecule has 0 spiro atoms. The van der Waals surface area contributed by atoms with Crippen molar-refractivity contribution in [3.05, 3.63) is 41.6 Å². The summed E-state index contributed by atoms with van der Waals surface area (Å²) in [4.78, 5) is 16.5. The molecule has 2 atom stereocenters. The van der Waals surface area contributed by atoms with E-state index in [0.29, 0.717) is 29.8 Å². The smallest absolute Gasteiger partial charge is 0.224 e. The van der Waals surface area contributed by atoms with Crippen LogP contribution in [0.25, 0.3) is 5.65 Å². The molecule has 2 heterocycles. The highest BCUT2D eigenvalue weighted by Crippen LogP contribution is 2.40. The number of fused-ring (bicyclic) bond motifs is 1. The van der Waals surface area contributed by atoms with Crippen molar-refractivity contribution in [1.29, 1.82) is 0 Å². The van der Waals surface area contributed by atoms with Crippen molar-refractivity contribution in [2.75, 3.05) is 23.0 Å². The van der Waals surface area contributed by atoms with Crippen molar-refractivity contribution in [3.63, 3.8) is 0 Å². The van der Waals surface area contributed by atoms with Crippen LogP contribution >= 0.6 is 0 Å². The second-order valence-electron chi connectivity index (χ2n) is 7.26. The minimum Gasteiger partial charge on any atom is -0.373 e. The molecule has 1 saturated carbocycles. The van der Waals surface area contributed by atoms with Crippen LogP contribution in [0.2, 0.25) is 0 Å². The van der Waals surface area contributed by atoms with E-state index in [1.54, 1.807) is 7.05 Å². The highest BCUT2D eigenvalue weighted by Gasteiger charge is 2.34. The zero-order chi connectivity index (χ0) is 21.6. The Kier molecular flexibility index (Phi) is 4.96. The van der Waals surface area contributed by atoms with Crippen LogP contribution < -0.4 is 16.0 Å². The van der Waals surface area contributed by atoms with Gasteiger partial charge in [0.2, 0.25) is 5.91 Å². The lowest BCUT2D eigenvalue weighted by Gasteiger charge is -2.12. The third kappa shape index (κ3) is 3.62. The maximum Gasteiger partial charge on any atom is 0.224 e. The molecule has 1 aliphatic rings. The molecule has 4 rings (SSSR count). The molecular formula is C19H18F4N6O. The summed E-state index contributed by atoms with van der Waals surface area (Å²) >= 11 is 0. The topological polar surface area (TPSA) is 83.4 Å². The number of carbonyl (C=O) groups excluding carboxylic acids is 1. The summed E-state index contributed by atoms with van der Waals surface area (Å²) in [5.74, 6) is -5.34. The molecule has 7 nitrogen and oxygen atoms in total. The van der Waals surface area contributed by atoms with Gasteiger partial charge in [0.15, 0.2) is 28.9 Å². The summed E-state index contributed by atoms with van der Waals surface area (Å²) in [5, 5.41) is 12.0. The lowest BCUT2D eigenvalue weighted by molar-refractivity contribution is -0.116. The van der Waals surface area contributed by atoms with Gasteiger partial charge in [-0.25, -0.2) is 22.5 Å². The first-order valence-corrected chi connectivity index (χ1v) is 9.25. The Morgan fingerprint density at radius 3 is 2.47 bits per heavy atom. The molecule has 2 aromatic heterocycles. The number of rotatable bonds is 6. The van der Waals surface area contributed by atoms with E-state index in [2.05, 4.69) is 33.0 Å². The number of anilines is 4. The number of amides is 1. The number of carbonyl (C=O) groups is 1. The number of nitrogens with zero attached hydrogens (tertiary/aromatic N) is 3. The summed E-state index contributed by atoms with van der Waals surface area (Å²) in [6, 6.07) is 1.47. The van der Waals surface area contributed by atoms with Crippen molar-refractivity contribution >= 4 is 34.6 Å². The second-order valence-corrected chi connectivity index (χ2v) is 7.26. The normalized spacial score (nSPS) is 17.8. The van der Waals surface area contributed by atoms with Gasteiger partial charge in [-0.05, 0) is 18.3 Å². The van der Waals surface area contributed by atoms with E-state index in [9.17, 15) is 22.4 Å². The predicted octanol–water partition coefficient (Wildman–Crippen LogP) is 4.06. The van der Waals surface area contributed by atoms with E-state index in [0.717, 1.165) is 6.42 Å². The molecule has 3 N–H and O–H groups in total. The number of nitrogens with one attached hydrogen (secondary N) is 3. The Morgan fingerprint density at radius 1 is 1.20 bits per heavy atom. The summed E-state index contributed by atoms with van der Waals surface area (Å²) < 4.78 is 56.4. The van der Waals surface area contributed by atoms with Crippen molar-refractivity contribution in [1.82, 2.24) is 14.6 Å². The van der Waals surface area contributed by atoms with Crippen LogP contribution in [0.15, 0.2) is 18.3 Å². The fraction of sp³-hybridized carbons (Fsp3) is 0.316. The Bertz CT molecular complexity index is 1120. The van der Waals surface area contributed by atoms with Crippen LogP contribution in [0.3, 0.4) is 0 Å². The van der Waals surface area contributed by atoms with Gasteiger partial charge < -0.3 is 16.0 Å². The van der Waals surface area contributed by atoms with Crippen LogP contribution in [0, 0.1) is 35.1 Å². The summed E-state index contributed by atoms with van der Waals surface area (Å²) in [5.41, 5.74) is -0.543. The van der Waals surface area contributed by atoms with Crippen LogP contribution in [-0.2, 0) is 4.79 Å². The molecule has 1 aliphatic carbocycles. The molecule has 0 saturated heterocycles. The molecule has 30 heavy (non-hydrogen) atoms. The van der Waals surface area contributed by atoms with Gasteiger partial charge >= 0.3 is 0 Å². The van der Waals surface area contributed by atoms with Gasteiger partial charge in [0, 0.05) is 25.6 Å². The van der Waals surface area contributed by atoms with Crippen LogP contribution in [0.1, 0.15) is 19.8 Å². The SMILES string of the molecule is CNc1cc(Nc2c(F)c(F)cc(F)c2F)nc2c(NC(=O)C[C@@H]3C[C@@H]3C)cnn12. The maximum atomic E-state index is 14.0. The number of hydrogen-bond donors (Lipinski definition) is 3. The molecule has 0 radical (unpaired) electrons. The largest absolute Gasteiger partial charge is 0.373 e. The molecule has 1 amide bonds. The molecule has 0 bridgehead atoms. The molecule has 1 aromatic carbocycles. The first-order valence-electron chi connectivity index (χ1n) is 9.25. The van der Waals surface area contributed by atoms with Gasteiger partial charge in [0.25, 0.3) is 0 Å². The fourth-order valence-corrected chi connectivity index (χ4v) is 3.23. The van der Waals surface area contributed by atoms with E-state index >= 15 is 0 Å². The standard InChI is InChI=1S/C19H18F4N6O/c1-8-3-9(8)4-15(30)26-12-7-25-29-14(24-2)6-13(28-19(12)29)27-18-16(22)10(20)5-11(21)17(18)23/h5-9,24H,3-4H2,1-2H3,(H,26,30)(H,27,28)/t8-,9-/m0/s1. The van der Waals surface area contributed by atoms with Gasteiger partial charge in [-0.1, -0.05) is 6.92 Å². The van der Waals surface area contributed by atoms with Crippen LogP contribution in [0.4, 0.5) is 40.6 Å². The predicted molar refractivity (Wildman–Crippen MR) is 103 cm³/mol. The van der Waals surface area contributed by atoms with E-state index in [4.69, 9.17) is 0 Å². The average molecular weight is 422 g/mol. The van der Waals surface area contributed by atoms with E-state index in [-0.39, 0.29) is 23.4 Å². The Hall–Kier alpha value is -3.37. The molecule has 3 aromatic rings. The maximum absolute atomic E-state index is 14.0. The van der Waals surface area contributed by atoms with Crippen molar-refractivity contribution in [2.45, 2.75) is 19.8 Å².